The Morgan fingerprint density at radius 3 is 2.18 bits per heavy atom. The molecule has 44 heavy (non-hydrogen) atoms. The molecule has 17 N–H and O–H groups in total. The first-order chi connectivity index (χ1) is 20.7. The number of nitrogens with two attached hydrogens (primary N) is 4. The van der Waals surface area contributed by atoms with Gasteiger partial charge in [-0.2, -0.15) is 0 Å². The zero-order chi connectivity index (χ0) is 32.9. The fraction of sp³-hybridized carbons (Fsp3) is 0.958. The maximum Gasteiger partial charge on any atom is 0.294 e. The zero-order valence-corrected chi connectivity index (χ0v) is 23.8. The average Bonchev–Trinajstić information content (AvgIpc) is 2.98. The van der Waals surface area contributed by atoms with Crippen LogP contribution < -0.4 is 33.6 Å². The number of nitrogens with one attached hydrogen (secondary N) is 2. The Balaban J connectivity index is 1.84. The van der Waals surface area contributed by atoms with Crippen molar-refractivity contribution < 1.29 is 68.3 Å². The van der Waals surface area contributed by atoms with E-state index >= 15 is 0 Å². The highest BCUT2D eigenvalue weighted by Crippen LogP contribution is 2.32. The first-order valence-electron chi connectivity index (χ1n) is 14.3. The van der Waals surface area contributed by atoms with Crippen LogP contribution in [0.4, 0.5) is 8.78 Å². The lowest BCUT2D eigenvalue weighted by Crippen LogP contribution is -2.69. The molecule has 3 aliphatic rings. The zero-order valence-electron chi connectivity index (χ0n) is 23.8. The molecular weight excluding hydrogens is 602 g/mol. The molecule has 0 aromatic heterocycles. The van der Waals surface area contributed by atoms with Crippen molar-refractivity contribution >= 4 is 5.91 Å². The molecule has 2 saturated heterocycles. The Kier molecular flexibility index (Phi) is 13.5. The summed E-state index contributed by atoms with van der Waals surface area (Å²) in [5, 5.41) is 76.1. The summed E-state index contributed by atoms with van der Waals surface area (Å²) in [4.78, 5) is 12.6. The third-order valence-corrected chi connectivity index (χ3v) is 8.02. The van der Waals surface area contributed by atoms with Gasteiger partial charge in [-0.05, 0) is 12.8 Å². The number of ether oxygens (including phenoxy) is 4. The predicted octanol–water partition coefficient (Wildman–Crippen LogP) is -7.56. The second kappa shape index (κ2) is 16.0. The highest BCUT2D eigenvalue weighted by Gasteiger charge is 2.52. The molecule has 3 fully saturated rings. The molecule has 18 nitrogen and oxygen atoms in total. The number of carbonyl (C=O) groups excluding carboxylic acids is 1. The summed E-state index contributed by atoms with van der Waals surface area (Å²) in [6.07, 6.45) is -17.2. The van der Waals surface area contributed by atoms with Crippen LogP contribution in [-0.2, 0) is 23.7 Å². The van der Waals surface area contributed by atoms with E-state index in [9.17, 15) is 44.2 Å². The van der Waals surface area contributed by atoms with Gasteiger partial charge in [-0.1, -0.05) is 0 Å². The van der Waals surface area contributed by atoms with Gasteiger partial charge in [0.05, 0.1) is 50.1 Å². The molecule has 2 heterocycles. The van der Waals surface area contributed by atoms with E-state index in [1.54, 1.807) is 0 Å². The van der Waals surface area contributed by atoms with E-state index in [1.807, 2.05) is 0 Å². The standard InChI is InChI=1S/C24H46F2N6O12/c25-24(26,7-27)20(39)21(40)32-10-3-8(28)18(43-22-9(29)4-11(35)12(41-22)5-31-1-2-33)17(38)19(10)44-23-16(37)14(30)15(36)13(6-34)42-23/h8-20,22-23,31,33-39H,1-7,27-30H2,(H,32,40). The average molecular weight is 649 g/mol. The smallest absolute Gasteiger partial charge is 0.294 e. The second-order valence-electron chi connectivity index (χ2n) is 11.3. The monoisotopic (exact) mass is 648 g/mol. The maximum atomic E-state index is 14.0. The van der Waals surface area contributed by atoms with Crippen molar-refractivity contribution in [3.63, 3.8) is 0 Å². The van der Waals surface area contributed by atoms with Gasteiger partial charge < -0.3 is 88.3 Å². The van der Waals surface area contributed by atoms with E-state index < -0.39 is 117 Å². The Hall–Kier alpha value is -1.31. The van der Waals surface area contributed by atoms with Crippen molar-refractivity contribution in [3.8, 4) is 0 Å². The molecule has 3 rings (SSSR count). The lowest BCUT2D eigenvalue weighted by Gasteiger charge is -2.48. The van der Waals surface area contributed by atoms with Crippen molar-refractivity contribution in [3.05, 3.63) is 0 Å². The first kappa shape index (κ1) is 37.2. The van der Waals surface area contributed by atoms with Gasteiger partial charge >= 0.3 is 0 Å². The Morgan fingerprint density at radius 2 is 1.57 bits per heavy atom. The quantitative estimate of drug-likeness (QED) is 0.0825. The van der Waals surface area contributed by atoms with Gasteiger partial charge in [-0.3, -0.25) is 4.79 Å². The van der Waals surface area contributed by atoms with E-state index in [1.165, 1.54) is 0 Å². The van der Waals surface area contributed by atoms with Crippen LogP contribution in [0.25, 0.3) is 0 Å². The summed E-state index contributed by atoms with van der Waals surface area (Å²) in [5.41, 5.74) is 23.2. The summed E-state index contributed by atoms with van der Waals surface area (Å²) in [5.74, 6) is -5.56. The van der Waals surface area contributed by atoms with Crippen LogP contribution >= 0.6 is 0 Å². The van der Waals surface area contributed by atoms with E-state index in [2.05, 4.69) is 10.6 Å². The molecule has 0 bridgehead atoms. The number of aliphatic hydroxyl groups excluding tert-OH is 7. The van der Waals surface area contributed by atoms with Gasteiger partial charge in [0.15, 0.2) is 18.7 Å². The number of halogens is 2. The lowest BCUT2D eigenvalue weighted by atomic mass is 9.83. The number of rotatable bonds is 13. The van der Waals surface area contributed by atoms with Gasteiger partial charge in [0, 0.05) is 19.1 Å². The number of carbonyl (C=O) groups is 1. The lowest BCUT2D eigenvalue weighted by molar-refractivity contribution is -0.316. The van der Waals surface area contributed by atoms with Crippen LogP contribution in [0.15, 0.2) is 0 Å². The van der Waals surface area contributed by atoms with Crippen molar-refractivity contribution in [1.29, 1.82) is 0 Å². The number of aliphatic hydroxyl groups is 7. The van der Waals surface area contributed by atoms with E-state index in [0.29, 0.717) is 0 Å². The SMILES string of the molecule is NCC(F)(F)C(O)C(=O)NC1CC(N)C(OC2OC(CNCCO)C(O)CC2N)C(O)C1OC1OC(CO)C(O)C(N)C1O. The molecule has 1 saturated carbocycles. The van der Waals surface area contributed by atoms with Gasteiger partial charge in [0.1, 0.15) is 36.6 Å². The Bertz CT molecular complexity index is 918. The van der Waals surface area contributed by atoms with Crippen molar-refractivity contribution in [2.45, 2.75) is 110 Å². The van der Waals surface area contributed by atoms with Gasteiger partial charge in [-0.15, -0.1) is 0 Å². The largest absolute Gasteiger partial charge is 0.395 e. The highest BCUT2D eigenvalue weighted by molar-refractivity contribution is 5.82. The minimum atomic E-state index is -4.00. The molecule has 0 aromatic rings. The normalized spacial score (nSPS) is 42.6. The molecule has 20 heteroatoms. The molecule has 0 radical (unpaired) electrons. The fourth-order valence-electron chi connectivity index (χ4n) is 5.39. The molecule has 1 amide bonds. The Morgan fingerprint density at radius 1 is 0.932 bits per heavy atom. The van der Waals surface area contributed by atoms with Gasteiger partial charge in [0.25, 0.3) is 11.8 Å². The summed E-state index contributed by atoms with van der Waals surface area (Å²) >= 11 is 0. The minimum absolute atomic E-state index is 0.0327. The molecule has 15 atom stereocenters. The van der Waals surface area contributed by atoms with Crippen LogP contribution in [-0.4, -0.2) is 172 Å². The van der Waals surface area contributed by atoms with E-state index in [-0.39, 0.29) is 32.5 Å². The van der Waals surface area contributed by atoms with Crippen LogP contribution in [0, 0.1) is 0 Å². The third kappa shape index (κ3) is 8.53. The predicted molar refractivity (Wildman–Crippen MR) is 143 cm³/mol. The van der Waals surface area contributed by atoms with E-state index in [0.717, 1.165) is 0 Å². The summed E-state index contributed by atoms with van der Waals surface area (Å²) in [7, 11) is 0. The van der Waals surface area contributed by atoms with Crippen molar-refractivity contribution in [2.75, 3.05) is 32.8 Å². The highest BCUT2D eigenvalue weighted by atomic mass is 19.3. The number of hydrogen-bond acceptors (Lipinski definition) is 17. The molecule has 2 aliphatic heterocycles. The summed E-state index contributed by atoms with van der Waals surface area (Å²) < 4.78 is 50.9. The topological polar surface area (TPSA) is 324 Å². The van der Waals surface area contributed by atoms with E-state index in [4.69, 9.17) is 47.0 Å². The van der Waals surface area contributed by atoms with Crippen molar-refractivity contribution in [2.24, 2.45) is 22.9 Å². The molecule has 0 aromatic carbocycles. The third-order valence-electron chi connectivity index (χ3n) is 8.02. The second-order valence-corrected chi connectivity index (χ2v) is 11.3. The number of amides is 1. The maximum absolute atomic E-state index is 14.0. The summed E-state index contributed by atoms with van der Waals surface area (Å²) in [6.45, 7) is -1.89. The summed E-state index contributed by atoms with van der Waals surface area (Å²) in [6, 6.07) is -4.78. The van der Waals surface area contributed by atoms with Gasteiger partial charge in [0.2, 0.25) is 0 Å². The van der Waals surface area contributed by atoms with Crippen LogP contribution in [0.2, 0.25) is 0 Å². The Labute approximate surface area is 251 Å². The molecular formula is C24H46F2N6O12. The number of alkyl halides is 2. The minimum Gasteiger partial charge on any atom is -0.395 e. The molecule has 1 aliphatic carbocycles. The van der Waals surface area contributed by atoms with Crippen LogP contribution in [0.5, 0.6) is 0 Å². The molecule has 15 unspecified atom stereocenters. The molecule has 0 spiro atoms. The van der Waals surface area contributed by atoms with Gasteiger partial charge in [-0.25, -0.2) is 8.78 Å². The van der Waals surface area contributed by atoms with Crippen LogP contribution in [0.1, 0.15) is 12.8 Å². The van der Waals surface area contributed by atoms with Crippen LogP contribution in [0.3, 0.4) is 0 Å². The number of hydrogen-bond donors (Lipinski definition) is 13. The van der Waals surface area contributed by atoms with Crippen molar-refractivity contribution in [1.82, 2.24) is 10.6 Å². The fourth-order valence-corrected chi connectivity index (χ4v) is 5.39. The molecule has 258 valence electrons. The first-order valence-corrected chi connectivity index (χ1v) is 14.3.